The second-order valence-corrected chi connectivity index (χ2v) is 5.45. The minimum absolute atomic E-state index is 0.109. The van der Waals surface area contributed by atoms with Crippen molar-refractivity contribution in [1.29, 1.82) is 0 Å². The van der Waals surface area contributed by atoms with E-state index in [4.69, 9.17) is 11.6 Å². The lowest BCUT2D eigenvalue weighted by Crippen LogP contribution is -2.25. The van der Waals surface area contributed by atoms with E-state index >= 15 is 0 Å². The van der Waals surface area contributed by atoms with Crippen LogP contribution in [0.2, 0.25) is 5.02 Å². The Labute approximate surface area is 129 Å². The normalized spacial score (nSPS) is 12.3. The van der Waals surface area contributed by atoms with Crippen LogP contribution < -0.4 is 10.9 Å². The van der Waals surface area contributed by atoms with Gasteiger partial charge >= 0.3 is 0 Å². The van der Waals surface area contributed by atoms with Crippen LogP contribution >= 0.6 is 11.6 Å². The molecule has 0 bridgehead atoms. The molecule has 3 aromatic rings. The Morgan fingerprint density at radius 1 is 0.857 bits per heavy atom. The van der Waals surface area contributed by atoms with Gasteiger partial charge < -0.3 is 5.43 Å². The Hall–Kier alpha value is -2.03. The minimum atomic E-state index is 0.109. The van der Waals surface area contributed by atoms with Gasteiger partial charge in [-0.2, -0.15) is 0 Å². The molecule has 0 saturated heterocycles. The summed E-state index contributed by atoms with van der Waals surface area (Å²) in [6.07, 6.45) is 0. The van der Waals surface area contributed by atoms with Crippen molar-refractivity contribution in [3.63, 3.8) is 0 Å². The van der Waals surface area contributed by atoms with E-state index in [1.807, 2.05) is 42.5 Å². The summed E-state index contributed by atoms with van der Waals surface area (Å²) in [7, 11) is 0. The van der Waals surface area contributed by atoms with Crippen LogP contribution in [0.4, 0.5) is 5.69 Å². The van der Waals surface area contributed by atoms with Crippen LogP contribution in [0.3, 0.4) is 0 Å². The summed E-state index contributed by atoms with van der Waals surface area (Å²) in [6, 6.07) is 22.5. The van der Waals surface area contributed by atoms with Crippen LogP contribution in [0.25, 0.3) is 10.8 Å². The zero-order chi connectivity index (χ0) is 14.7. The predicted octanol–water partition coefficient (Wildman–Crippen LogP) is 5.17. The molecule has 0 aliphatic heterocycles. The molecule has 1 unspecified atom stereocenters. The first-order valence-corrected chi connectivity index (χ1v) is 7.37. The molecule has 0 fully saturated rings. The number of rotatable bonds is 4. The lowest BCUT2D eigenvalue weighted by molar-refractivity contribution is 0.645. The first-order valence-electron chi connectivity index (χ1n) is 6.99. The van der Waals surface area contributed by atoms with Gasteiger partial charge in [0.1, 0.15) is 0 Å². The summed E-state index contributed by atoms with van der Waals surface area (Å²) < 4.78 is 0. The van der Waals surface area contributed by atoms with Crippen LogP contribution in [-0.4, -0.2) is 0 Å². The number of nitrogens with one attached hydrogen (secondary N) is 2. The molecule has 0 saturated carbocycles. The van der Waals surface area contributed by atoms with E-state index in [-0.39, 0.29) is 6.04 Å². The standard InChI is InChI=1S/C18H17ClN2/c1-13(15-9-4-5-11-17(15)19)20-21-18-12-6-8-14-7-2-3-10-16(14)18/h2-13,20-21H,1H3. The molecule has 1 atom stereocenters. The second kappa shape index (κ2) is 6.17. The molecule has 21 heavy (non-hydrogen) atoms. The van der Waals surface area contributed by atoms with E-state index in [9.17, 15) is 0 Å². The van der Waals surface area contributed by atoms with E-state index in [0.29, 0.717) is 0 Å². The molecule has 3 heteroatoms. The molecule has 0 heterocycles. The molecule has 0 amide bonds. The van der Waals surface area contributed by atoms with Crippen LogP contribution in [-0.2, 0) is 0 Å². The Morgan fingerprint density at radius 2 is 1.57 bits per heavy atom. The maximum absolute atomic E-state index is 6.23. The molecule has 2 nitrogen and oxygen atoms in total. The van der Waals surface area contributed by atoms with Gasteiger partial charge in [0, 0.05) is 16.5 Å². The molecule has 0 aliphatic rings. The third-order valence-electron chi connectivity index (χ3n) is 3.58. The molecular formula is C18H17ClN2. The van der Waals surface area contributed by atoms with Gasteiger partial charge in [-0.3, -0.25) is 0 Å². The van der Waals surface area contributed by atoms with Crippen LogP contribution in [0.1, 0.15) is 18.5 Å². The van der Waals surface area contributed by atoms with E-state index in [2.05, 4.69) is 42.0 Å². The first kappa shape index (κ1) is 13.9. The quantitative estimate of drug-likeness (QED) is 0.649. The van der Waals surface area contributed by atoms with E-state index in [0.717, 1.165) is 16.3 Å². The Balaban J connectivity index is 1.79. The Morgan fingerprint density at radius 3 is 2.43 bits per heavy atom. The topological polar surface area (TPSA) is 24.1 Å². The SMILES string of the molecule is CC(NNc1cccc2ccccc12)c1ccccc1Cl. The summed E-state index contributed by atoms with van der Waals surface area (Å²) >= 11 is 6.23. The van der Waals surface area contributed by atoms with E-state index in [1.54, 1.807) is 0 Å². The highest BCUT2D eigenvalue weighted by molar-refractivity contribution is 6.31. The fourth-order valence-corrected chi connectivity index (χ4v) is 2.72. The predicted molar refractivity (Wildman–Crippen MR) is 90.6 cm³/mol. The van der Waals surface area contributed by atoms with Crippen LogP contribution in [0, 0.1) is 0 Å². The summed E-state index contributed by atoms with van der Waals surface area (Å²) in [6.45, 7) is 2.08. The largest absolute Gasteiger partial charge is 0.320 e. The molecule has 3 aromatic carbocycles. The van der Waals surface area contributed by atoms with Crippen molar-refractivity contribution in [3.8, 4) is 0 Å². The van der Waals surface area contributed by atoms with Gasteiger partial charge in [-0.15, -0.1) is 0 Å². The third-order valence-corrected chi connectivity index (χ3v) is 3.93. The lowest BCUT2D eigenvalue weighted by atomic mass is 10.1. The molecule has 0 radical (unpaired) electrons. The molecular weight excluding hydrogens is 280 g/mol. The number of halogens is 1. The maximum Gasteiger partial charge on any atom is 0.0566 e. The van der Waals surface area contributed by atoms with Crippen molar-refractivity contribution < 1.29 is 0 Å². The second-order valence-electron chi connectivity index (χ2n) is 5.04. The van der Waals surface area contributed by atoms with Crippen molar-refractivity contribution in [3.05, 3.63) is 77.3 Å². The lowest BCUT2D eigenvalue weighted by Gasteiger charge is -2.18. The van der Waals surface area contributed by atoms with Crippen molar-refractivity contribution in [1.82, 2.24) is 5.43 Å². The van der Waals surface area contributed by atoms with Crippen LogP contribution in [0.15, 0.2) is 66.7 Å². The van der Waals surface area contributed by atoms with Crippen molar-refractivity contribution in [2.45, 2.75) is 13.0 Å². The molecule has 0 aromatic heterocycles. The highest BCUT2D eigenvalue weighted by atomic mass is 35.5. The van der Waals surface area contributed by atoms with E-state index in [1.165, 1.54) is 10.8 Å². The molecule has 3 rings (SSSR count). The van der Waals surface area contributed by atoms with Gasteiger partial charge in [-0.25, -0.2) is 5.43 Å². The number of anilines is 1. The number of hydrogen-bond acceptors (Lipinski definition) is 2. The van der Waals surface area contributed by atoms with Crippen LogP contribution in [0.5, 0.6) is 0 Å². The molecule has 0 spiro atoms. The Kier molecular flexibility index (Phi) is 4.09. The average molecular weight is 297 g/mol. The fraction of sp³-hybridized carbons (Fsp3) is 0.111. The molecule has 0 aliphatic carbocycles. The third kappa shape index (κ3) is 3.02. The maximum atomic E-state index is 6.23. The highest BCUT2D eigenvalue weighted by Gasteiger charge is 2.08. The van der Waals surface area contributed by atoms with Crippen molar-refractivity contribution in [2.24, 2.45) is 0 Å². The molecule has 106 valence electrons. The summed E-state index contributed by atoms with van der Waals surface area (Å²) in [5.74, 6) is 0. The fourth-order valence-electron chi connectivity index (χ4n) is 2.42. The number of fused-ring (bicyclic) bond motifs is 1. The summed E-state index contributed by atoms with van der Waals surface area (Å²) in [5.41, 5.74) is 8.76. The zero-order valence-electron chi connectivity index (χ0n) is 11.8. The van der Waals surface area contributed by atoms with Gasteiger partial charge in [-0.05, 0) is 30.0 Å². The zero-order valence-corrected chi connectivity index (χ0v) is 12.6. The van der Waals surface area contributed by atoms with Gasteiger partial charge in [0.25, 0.3) is 0 Å². The number of hydrogen-bond donors (Lipinski definition) is 2. The molecule has 2 N–H and O–H groups in total. The first-order chi connectivity index (χ1) is 10.3. The average Bonchev–Trinajstić information content (AvgIpc) is 2.53. The van der Waals surface area contributed by atoms with Gasteiger partial charge in [-0.1, -0.05) is 66.2 Å². The number of hydrazine groups is 1. The summed E-state index contributed by atoms with van der Waals surface area (Å²) in [4.78, 5) is 0. The van der Waals surface area contributed by atoms with Crippen molar-refractivity contribution in [2.75, 3.05) is 5.43 Å². The minimum Gasteiger partial charge on any atom is -0.320 e. The highest BCUT2D eigenvalue weighted by Crippen LogP contribution is 2.25. The van der Waals surface area contributed by atoms with Gasteiger partial charge in [0.15, 0.2) is 0 Å². The van der Waals surface area contributed by atoms with Gasteiger partial charge in [0.05, 0.1) is 5.69 Å². The van der Waals surface area contributed by atoms with Crippen molar-refractivity contribution >= 4 is 28.1 Å². The monoisotopic (exact) mass is 296 g/mol. The number of benzene rings is 3. The van der Waals surface area contributed by atoms with E-state index < -0.39 is 0 Å². The Bertz CT molecular complexity index is 750. The smallest absolute Gasteiger partial charge is 0.0566 e. The van der Waals surface area contributed by atoms with Gasteiger partial charge in [0.2, 0.25) is 0 Å². The summed E-state index contributed by atoms with van der Waals surface area (Å²) in [5, 5.41) is 3.19.